The summed E-state index contributed by atoms with van der Waals surface area (Å²) in [5.74, 6) is 3.08. The minimum absolute atomic E-state index is 0.177. The number of hydrogen-bond donors (Lipinski definition) is 1. The van der Waals surface area contributed by atoms with Crippen LogP contribution in [0, 0.1) is 23.7 Å². The minimum Gasteiger partial charge on any atom is -0.402 e. The van der Waals surface area contributed by atoms with E-state index in [-0.39, 0.29) is 11.4 Å². The van der Waals surface area contributed by atoms with Crippen molar-refractivity contribution in [1.82, 2.24) is 24.3 Å². The van der Waals surface area contributed by atoms with E-state index >= 15 is 0 Å². The van der Waals surface area contributed by atoms with E-state index in [0.29, 0.717) is 35.1 Å². The zero-order chi connectivity index (χ0) is 23.4. The van der Waals surface area contributed by atoms with Gasteiger partial charge in [-0.25, -0.2) is 9.97 Å². The van der Waals surface area contributed by atoms with E-state index in [4.69, 9.17) is 10.7 Å². The number of ether oxygens (including phenoxy) is 1. The van der Waals surface area contributed by atoms with Crippen LogP contribution >= 0.6 is 0 Å². The van der Waals surface area contributed by atoms with Crippen LogP contribution in [0.3, 0.4) is 0 Å². The van der Waals surface area contributed by atoms with Gasteiger partial charge in [-0.3, -0.25) is 4.90 Å². The third-order valence-corrected chi connectivity index (χ3v) is 8.95. The minimum atomic E-state index is -4.82. The lowest BCUT2D eigenvalue weighted by Crippen LogP contribution is -2.49. The van der Waals surface area contributed by atoms with Gasteiger partial charge in [0.2, 0.25) is 0 Å². The SMILES string of the molecule is CN1CCN([C@H]2C[C@@H]3[C@@H]4C2[C@@]34n2cc(-c3cnc(N)c(OC(F)(F)F)c3)nc2CC2CC2)CC1. The summed E-state index contributed by atoms with van der Waals surface area (Å²) in [6.45, 7) is 4.52. The maximum absolute atomic E-state index is 12.8. The number of likely N-dealkylation sites (N-methyl/N-ethyl adjacent to an activating group) is 1. The first-order valence-electron chi connectivity index (χ1n) is 12.3. The molecule has 2 aromatic heterocycles. The van der Waals surface area contributed by atoms with Crippen molar-refractivity contribution in [2.24, 2.45) is 23.7 Å². The topological polar surface area (TPSA) is 72.4 Å². The van der Waals surface area contributed by atoms with Gasteiger partial charge in [0.15, 0.2) is 11.6 Å². The Kier molecular flexibility index (Phi) is 4.24. The number of nitrogen functional groups attached to an aromatic ring is 1. The molecule has 6 fully saturated rings. The van der Waals surface area contributed by atoms with Crippen molar-refractivity contribution in [1.29, 1.82) is 0 Å². The van der Waals surface area contributed by atoms with Crippen molar-refractivity contribution < 1.29 is 17.9 Å². The Balaban J connectivity index is 1.19. The molecule has 2 aromatic rings. The molecule has 34 heavy (non-hydrogen) atoms. The van der Waals surface area contributed by atoms with Crippen LogP contribution in [0.25, 0.3) is 11.3 Å². The Bertz CT molecular complexity index is 1130. The number of fused-ring (bicyclic) bond motifs is 1. The van der Waals surface area contributed by atoms with E-state index in [9.17, 15) is 13.2 Å². The second-order valence-corrected chi connectivity index (χ2v) is 10.9. The van der Waals surface area contributed by atoms with E-state index < -0.39 is 12.1 Å². The number of imidazole rings is 1. The maximum Gasteiger partial charge on any atom is 0.573 e. The molecular weight excluding hydrogens is 445 g/mol. The first-order valence-corrected chi connectivity index (χ1v) is 12.3. The van der Waals surface area contributed by atoms with Crippen LogP contribution < -0.4 is 10.5 Å². The predicted octanol–water partition coefficient (Wildman–Crippen LogP) is 2.97. The highest BCUT2D eigenvalue weighted by Gasteiger charge is 2.93. The van der Waals surface area contributed by atoms with Crippen LogP contribution in [-0.4, -0.2) is 70.0 Å². The van der Waals surface area contributed by atoms with E-state index in [0.717, 1.165) is 44.3 Å². The predicted molar refractivity (Wildman–Crippen MR) is 119 cm³/mol. The van der Waals surface area contributed by atoms with E-state index in [1.807, 2.05) is 0 Å². The molecule has 3 heterocycles. The van der Waals surface area contributed by atoms with Crippen LogP contribution in [0.4, 0.5) is 19.0 Å². The monoisotopic (exact) mass is 474 g/mol. The second-order valence-electron chi connectivity index (χ2n) is 10.9. The first-order chi connectivity index (χ1) is 16.3. The van der Waals surface area contributed by atoms with Gasteiger partial charge >= 0.3 is 6.36 Å². The maximum atomic E-state index is 12.8. The fourth-order valence-corrected chi connectivity index (χ4v) is 7.06. The molecular formula is C24H29F3N6O. The van der Waals surface area contributed by atoms with Crippen LogP contribution in [0.1, 0.15) is 25.1 Å². The molecule has 0 amide bonds. The summed E-state index contributed by atoms with van der Waals surface area (Å²) in [7, 11) is 2.19. The molecule has 182 valence electrons. The van der Waals surface area contributed by atoms with Gasteiger partial charge in [0.25, 0.3) is 0 Å². The molecule has 5 aliphatic carbocycles. The summed E-state index contributed by atoms with van der Waals surface area (Å²) >= 11 is 0. The Morgan fingerprint density at radius 3 is 2.62 bits per heavy atom. The molecule has 0 spiro atoms. The van der Waals surface area contributed by atoms with Crippen molar-refractivity contribution >= 4 is 5.82 Å². The lowest BCUT2D eigenvalue weighted by molar-refractivity contribution is -0.274. The average molecular weight is 475 g/mol. The number of alkyl halides is 3. The highest BCUT2D eigenvalue weighted by Crippen LogP contribution is 2.89. The number of hydrogen-bond acceptors (Lipinski definition) is 6. The van der Waals surface area contributed by atoms with Crippen molar-refractivity contribution in [3.8, 4) is 17.0 Å². The third kappa shape index (κ3) is 3.10. The third-order valence-electron chi connectivity index (χ3n) is 8.95. The molecule has 2 N–H and O–H groups in total. The summed E-state index contributed by atoms with van der Waals surface area (Å²) in [5.41, 5.74) is 6.97. The summed E-state index contributed by atoms with van der Waals surface area (Å²) in [5, 5.41) is 0. The number of halogens is 3. The molecule has 0 aromatic carbocycles. The van der Waals surface area contributed by atoms with Gasteiger partial charge in [0.05, 0.1) is 11.2 Å². The molecule has 8 rings (SSSR count). The molecule has 5 atom stereocenters. The van der Waals surface area contributed by atoms with Gasteiger partial charge in [-0.2, -0.15) is 0 Å². The van der Waals surface area contributed by atoms with Crippen molar-refractivity contribution in [2.45, 2.75) is 43.6 Å². The number of aromatic nitrogens is 3. The van der Waals surface area contributed by atoms with Crippen LogP contribution in [-0.2, 0) is 12.0 Å². The quantitative estimate of drug-likeness (QED) is 0.694. The van der Waals surface area contributed by atoms with E-state index in [1.54, 1.807) is 0 Å². The van der Waals surface area contributed by atoms with Gasteiger partial charge in [-0.15, -0.1) is 13.2 Å². The molecule has 7 nitrogen and oxygen atoms in total. The van der Waals surface area contributed by atoms with Crippen molar-refractivity contribution in [2.75, 3.05) is 39.0 Å². The van der Waals surface area contributed by atoms with Gasteiger partial charge in [-0.1, -0.05) is 0 Å². The molecule has 1 unspecified atom stereocenters. The van der Waals surface area contributed by atoms with Crippen molar-refractivity contribution in [3.63, 3.8) is 0 Å². The zero-order valence-corrected chi connectivity index (χ0v) is 19.1. The molecule has 1 saturated heterocycles. The number of rotatable bonds is 6. The van der Waals surface area contributed by atoms with Gasteiger partial charge in [-0.05, 0) is 50.1 Å². The smallest absolute Gasteiger partial charge is 0.402 e. The molecule has 5 saturated carbocycles. The second kappa shape index (κ2) is 6.87. The number of anilines is 1. The lowest BCUT2D eigenvalue weighted by Gasteiger charge is -2.36. The Hall–Kier alpha value is -2.33. The Labute approximate surface area is 196 Å². The fraction of sp³-hybridized carbons (Fsp3) is 0.667. The summed E-state index contributed by atoms with van der Waals surface area (Å²) < 4.78 is 45.0. The van der Waals surface area contributed by atoms with Crippen LogP contribution in [0.2, 0.25) is 0 Å². The summed E-state index contributed by atoms with van der Waals surface area (Å²) in [6, 6.07) is 1.95. The highest BCUT2D eigenvalue weighted by atomic mass is 19.4. The van der Waals surface area contributed by atoms with E-state index in [2.05, 4.69) is 37.3 Å². The highest BCUT2D eigenvalue weighted by molar-refractivity contribution is 5.64. The summed E-state index contributed by atoms with van der Waals surface area (Å²) in [6.07, 6.45) is 3.36. The van der Waals surface area contributed by atoms with E-state index in [1.165, 1.54) is 31.5 Å². The van der Waals surface area contributed by atoms with Crippen LogP contribution in [0.5, 0.6) is 5.75 Å². The normalized spacial score (nSPS) is 34.8. The Morgan fingerprint density at radius 1 is 1.18 bits per heavy atom. The fourth-order valence-electron chi connectivity index (χ4n) is 7.06. The lowest BCUT2D eigenvalue weighted by atomic mass is 10.1. The van der Waals surface area contributed by atoms with Gasteiger partial charge in [0.1, 0.15) is 5.82 Å². The number of nitrogens with two attached hydrogens (primary N) is 1. The first kappa shape index (κ1) is 21.0. The van der Waals surface area contributed by atoms with Crippen LogP contribution in [0.15, 0.2) is 18.5 Å². The van der Waals surface area contributed by atoms with Gasteiger partial charge < -0.3 is 19.9 Å². The molecule has 0 radical (unpaired) electrons. The van der Waals surface area contributed by atoms with Crippen molar-refractivity contribution in [3.05, 3.63) is 24.3 Å². The van der Waals surface area contributed by atoms with Gasteiger partial charge in [0, 0.05) is 62.5 Å². The number of nitrogens with zero attached hydrogens (tertiary/aromatic N) is 5. The number of piperazine rings is 1. The molecule has 6 aliphatic rings. The number of pyridine rings is 1. The molecule has 10 heteroatoms. The largest absolute Gasteiger partial charge is 0.573 e. The summed E-state index contributed by atoms with van der Waals surface area (Å²) in [4.78, 5) is 14.0. The molecule has 1 aliphatic heterocycles. The Morgan fingerprint density at radius 2 is 1.94 bits per heavy atom. The average Bonchev–Trinajstić information content (AvgIpc) is 3.70. The zero-order valence-electron chi connectivity index (χ0n) is 19.1. The molecule has 2 bridgehead atoms. The standard InChI is InChI=1S/C24H29F3N6O/c1-31-4-6-32(7-5-31)17-10-15-20-21(17)23(15,20)33-12-16(30-19(33)8-13-2-3-13)14-9-18(22(28)29-11-14)34-24(25,26)27/h9,11-13,15,17,20-21H,2-8,10H2,1H3,(H2,28,29)/t15-,17+,20-,21?,23-/m1/s1.